The highest BCUT2D eigenvalue weighted by molar-refractivity contribution is 7.89. The number of rotatable bonds is 4. The van der Waals surface area contributed by atoms with Crippen LogP contribution in [0, 0.1) is 5.92 Å². The van der Waals surface area contributed by atoms with Crippen LogP contribution >= 0.6 is 11.3 Å². The Morgan fingerprint density at radius 3 is 2.52 bits per heavy atom. The molecule has 9 heteroatoms. The van der Waals surface area contributed by atoms with Gasteiger partial charge >= 0.3 is 6.18 Å². The number of hydrogen-bond acceptors (Lipinski definition) is 4. The van der Waals surface area contributed by atoms with Gasteiger partial charge in [-0.1, -0.05) is 12.1 Å². The van der Waals surface area contributed by atoms with Crippen LogP contribution in [-0.4, -0.2) is 37.5 Å². The lowest BCUT2D eigenvalue weighted by molar-refractivity contribution is -0.139. The van der Waals surface area contributed by atoms with Gasteiger partial charge in [-0.15, -0.1) is 0 Å². The molecule has 1 fully saturated rings. The number of halogens is 3. The van der Waals surface area contributed by atoms with Gasteiger partial charge in [0.05, 0.1) is 10.5 Å². The Balaban J connectivity index is 1.97. The van der Waals surface area contributed by atoms with Crippen molar-refractivity contribution in [2.24, 2.45) is 5.92 Å². The number of benzene rings is 1. The van der Waals surface area contributed by atoms with E-state index in [-0.39, 0.29) is 31.5 Å². The Morgan fingerprint density at radius 1 is 1.20 bits per heavy atom. The molecule has 0 spiro atoms. The molecule has 2 heterocycles. The molecule has 0 aliphatic carbocycles. The van der Waals surface area contributed by atoms with E-state index in [1.54, 1.807) is 0 Å². The van der Waals surface area contributed by atoms with Gasteiger partial charge in [-0.25, -0.2) is 8.42 Å². The van der Waals surface area contributed by atoms with Crippen molar-refractivity contribution in [1.82, 2.24) is 4.31 Å². The van der Waals surface area contributed by atoms with Crippen LogP contribution in [0.15, 0.2) is 46.0 Å². The van der Waals surface area contributed by atoms with Crippen molar-refractivity contribution in [2.75, 3.05) is 19.7 Å². The highest BCUT2D eigenvalue weighted by atomic mass is 32.2. The predicted molar refractivity (Wildman–Crippen MR) is 87.8 cm³/mol. The zero-order valence-corrected chi connectivity index (χ0v) is 14.6. The summed E-state index contributed by atoms with van der Waals surface area (Å²) in [5.41, 5.74) is -0.277. The van der Waals surface area contributed by atoms with Crippen LogP contribution in [0.3, 0.4) is 0 Å². The zero-order chi connectivity index (χ0) is 18.2. The van der Waals surface area contributed by atoms with Crippen LogP contribution in [0.4, 0.5) is 13.2 Å². The quantitative estimate of drug-likeness (QED) is 0.871. The van der Waals surface area contributed by atoms with Gasteiger partial charge in [-0.05, 0) is 34.5 Å². The molecule has 1 aliphatic rings. The molecule has 0 amide bonds. The number of aliphatic hydroxyl groups excluding tert-OH is 1. The molecule has 0 bridgehead atoms. The third-order valence-corrected chi connectivity index (χ3v) is 7.01. The van der Waals surface area contributed by atoms with Crippen LogP contribution in [0.25, 0.3) is 0 Å². The second kappa shape index (κ2) is 6.71. The third kappa shape index (κ3) is 3.46. The minimum Gasteiger partial charge on any atom is -0.396 e. The molecular formula is C16H16F3NO3S2. The molecule has 1 aromatic carbocycles. The van der Waals surface area contributed by atoms with Gasteiger partial charge in [-0.3, -0.25) is 0 Å². The van der Waals surface area contributed by atoms with E-state index >= 15 is 0 Å². The van der Waals surface area contributed by atoms with Crippen LogP contribution < -0.4 is 0 Å². The molecule has 0 radical (unpaired) electrons. The van der Waals surface area contributed by atoms with Crippen molar-refractivity contribution < 1.29 is 26.7 Å². The summed E-state index contributed by atoms with van der Waals surface area (Å²) < 4.78 is 66.3. The Morgan fingerprint density at radius 2 is 1.92 bits per heavy atom. The number of sulfonamides is 1. The normalized spacial score (nSPS) is 22.4. The van der Waals surface area contributed by atoms with Crippen molar-refractivity contribution in [3.8, 4) is 0 Å². The molecule has 2 unspecified atom stereocenters. The van der Waals surface area contributed by atoms with Crippen molar-refractivity contribution in [1.29, 1.82) is 0 Å². The van der Waals surface area contributed by atoms with Gasteiger partial charge < -0.3 is 5.11 Å². The van der Waals surface area contributed by atoms with Crippen molar-refractivity contribution in [3.63, 3.8) is 0 Å². The highest BCUT2D eigenvalue weighted by Gasteiger charge is 2.43. The van der Waals surface area contributed by atoms with E-state index < -0.39 is 26.7 Å². The molecule has 1 aromatic heterocycles. The van der Waals surface area contributed by atoms with Gasteiger partial charge in [0.2, 0.25) is 10.0 Å². The van der Waals surface area contributed by atoms with Crippen molar-refractivity contribution in [3.05, 3.63) is 52.2 Å². The van der Waals surface area contributed by atoms with E-state index in [1.807, 2.05) is 16.8 Å². The Labute approximate surface area is 147 Å². The lowest BCUT2D eigenvalue weighted by Gasteiger charge is -2.19. The van der Waals surface area contributed by atoms with Crippen molar-refractivity contribution >= 4 is 21.4 Å². The Bertz CT molecular complexity index is 835. The van der Waals surface area contributed by atoms with Gasteiger partial charge in [0.25, 0.3) is 0 Å². The first kappa shape index (κ1) is 18.4. The molecule has 2 aromatic rings. The first-order valence-corrected chi connectivity index (χ1v) is 9.92. The molecule has 1 saturated heterocycles. The lowest BCUT2D eigenvalue weighted by Crippen LogP contribution is -2.31. The summed E-state index contributed by atoms with van der Waals surface area (Å²) in [7, 11) is -4.31. The van der Waals surface area contributed by atoms with E-state index in [2.05, 4.69) is 0 Å². The first-order chi connectivity index (χ1) is 11.7. The topological polar surface area (TPSA) is 57.6 Å². The fourth-order valence-electron chi connectivity index (χ4n) is 3.14. The van der Waals surface area contributed by atoms with E-state index in [0.717, 1.165) is 28.1 Å². The van der Waals surface area contributed by atoms with Gasteiger partial charge in [0.1, 0.15) is 0 Å². The molecule has 3 rings (SSSR count). The van der Waals surface area contributed by atoms with Crippen LogP contribution in [0.2, 0.25) is 0 Å². The van der Waals surface area contributed by atoms with Crippen molar-refractivity contribution in [2.45, 2.75) is 17.0 Å². The number of hydrogen-bond donors (Lipinski definition) is 1. The monoisotopic (exact) mass is 391 g/mol. The molecule has 2 atom stereocenters. The van der Waals surface area contributed by atoms with Crippen LogP contribution in [-0.2, 0) is 16.2 Å². The molecule has 4 nitrogen and oxygen atoms in total. The maximum Gasteiger partial charge on any atom is 0.417 e. The van der Waals surface area contributed by atoms with E-state index in [4.69, 9.17) is 0 Å². The minimum absolute atomic E-state index is 0.00839. The third-order valence-electron chi connectivity index (χ3n) is 4.42. The van der Waals surface area contributed by atoms with Crippen LogP contribution in [0.5, 0.6) is 0 Å². The second-order valence-electron chi connectivity index (χ2n) is 5.92. The smallest absolute Gasteiger partial charge is 0.396 e. The van der Waals surface area contributed by atoms with Gasteiger partial charge in [0.15, 0.2) is 0 Å². The zero-order valence-electron chi connectivity index (χ0n) is 13.0. The van der Waals surface area contributed by atoms with Crippen LogP contribution in [0.1, 0.15) is 17.0 Å². The number of nitrogens with zero attached hydrogens (tertiary/aromatic N) is 1. The van der Waals surface area contributed by atoms with E-state index in [1.165, 1.54) is 17.4 Å². The summed E-state index contributed by atoms with van der Waals surface area (Å²) in [5.74, 6) is -0.577. The van der Waals surface area contributed by atoms with E-state index in [9.17, 15) is 26.7 Å². The fourth-order valence-corrected chi connectivity index (χ4v) is 5.60. The molecule has 136 valence electrons. The number of thiophene rings is 1. The summed E-state index contributed by atoms with van der Waals surface area (Å²) in [4.78, 5) is -0.745. The summed E-state index contributed by atoms with van der Waals surface area (Å²) in [5, 5.41) is 13.3. The Kier molecular flexibility index (Phi) is 4.93. The fraction of sp³-hybridized carbons (Fsp3) is 0.375. The average molecular weight is 391 g/mol. The predicted octanol–water partition coefficient (Wildman–Crippen LogP) is 3.16. The standard InChI is InChI=1S/C16H16F3NO3S2/c17-16(18,19)14-3-1-2-4-15(14)25(22,23)20-7-12(9-21)13(8-20)11-5-6-24-10-11/h1-6,10,12-13,21H,7-9H2. The summed E-state index contributed by atoms with van der Waals surface area (Å²) in [6.45, 7) is -0.185. The average Bonchev–Trinajstić information content (AvgIpc) is 3.23. The number of aliphatic hydroxyl groups is 1. The Hall–Kier alpha value is -1.42. The molecule has 25 heavy (non-hydrogen) atoms. The molecule has 1 N–H and O–H groups in total. The molecule has 1 aliphatic heterocycles. The van der Waals surface area contributed by atoms with Gasteiger partial charge in [-0.2, -0.15) is 28.8 Å². The SMILES string of the molecule is O=S(=O)(c1ccccc1C(F)(F)F)N1CC(CO)C(c2ccsc2)C1. The first-order valence-electron chi connectivity index (χ1n) is 7.54. The number of alkyl halides is 3. The maximum atomic E-state index is 13.2. The maximum absolute atomic E-state index is 13.2. The molecular weight excluding hydrogens is 375 g/mol. The second-order valence-corrected chi connectivity index (χ2v) is 8.61. The largest absolute Gasteiger partial charge is 0.417 e. The lowest BCUT2D eigenvalue weighted by atomic mass is 9.92. The summed E-state index contributed by atoms with van der Waals surface area (Å²) >= 11 is 1.45. The highest BCUT2D eigenvalue weighted by Crippen LogP contribution is 2.39. The summed E-state index contributed by atoms with van der Waals surface area (Å²) in [6.07, 6.45) is -4.76. The summed E-state index contributed by atoms with van der Waals surface area (Å²) in [6, 6.07) is 6.03. The minimum atomic E-state index is -4.76. The van der Waals surface area contributed by atoms with Gasteiger partial charge in [0, 0.05) is 31.5 Å². The molecule has 0 saturated carbocycles. The van der Waals surface area contributed by atoms with E-state index in [0.29, 0.717) is 0 Å².